The maximum atomic E-state index is 12.7. The molecule has 2 aromatic carbocycles. The fourth-order valence-electron chi connectivity index (χ4n) is 2.31. The second-order valence-electron chi connectivity index (χ2n) is 5.63. The van der Waals surface area contributed by atoms with E-state index in [1.807, 2.05) is 31.2 Å². The van der Waals surface area contributed by atoms with Gasteiger partial charge in [-0.3, -0.25) is 9.59 Å². The predicted octanol–water partition coefficient (Wildman–Crippen LogP) is 2.13. The van der Waals surface area contributed by atoms with Gasteiger partial charge >= 0.3 is 0 Å². The number of aryl methyl sites for hydroxylation is 1. The summed E-state index contributed by atoms with van der Waals surface area (Å²) in [6.07, 6.45) is 0. The third-order valence-corrected chi connectivity index (χ3v) is 3.67. The second kappa shape index (κ2) is 8.38. The summed E-state index contributed by atoms with van der Waals surface area (Å²) >= 11 is 0. The SMILES string of the molecule is Cc1ccc(NC(=O)C(C)NCCO)c(C(=O)c2ccccc2)c1. The first-order valence-corrected chi connectivity index (χ1v) is 7.88. The molecule has 0 aliphatic heterocycles. The average molecular weight is 326 g/mol. The number of hydrogen-bond acceptors (Lipinski definition) is 4. The molecular formula is C19H22N2O3. The van der Waals surface area contributed by atoms with Gasteiger partial charge in [-0.2, -0.15) is 0 Å². The lowest BCUT2D eigenvalue weighted by Crippen LogP contribution is -2.39. The molecule has 2 rings (SSSR count). The summed E-state index contributed by atoms with van der Waals surface area (Å²) < 4.78 is 0. The number of benzene rings is 2. The first kappa shape index (κ1) is 17.8. The van der Waals surface area contributed by atoms with Gasteiger partial charge in [-0.25, -0.2) is 0 Å². The van der Waals surface area contributed by atoms with Crippen LogP contribution in [0.5, 0.6) is 0 Å². The Labute approximate surface area is 141 Å². The third-order valence-electron chi connectivity index (χ3n) is 3.67. The standard InChI is InChI=1S/C19H22N2O3/c1-13-8-9-17(21-19(24)14(2)20-10-11-22)16(12-13)18(23)15-6-4-3-5-7-15/h3-9,12,14,20,22H,10-11H2,1-2H3,(H,21,24). The zero-order valence-electron chi connectivity index (χ0n) is 13.9. The number of amides is 1. The van der Waals surface area contributed by atoms with Crippen molar-refractivity contribution in [2.45, 2.75) is 19.9 Å². The summed E-state index contributed by atoms with van der Waals surface area (Å²) in [5, 5.41) is 14.5. The number of ketones is 1. The summed E-state index contributed by atoms with van der Waals surface area (Å²) in [6, 6.07) is 13.9. The van der Waals surface area contributed by atoms with Crippen LogP contribution in [0.4, 0.5) is 5.69 Å². The molecule has 1 unspecified atom stereocenters. The van der Waals surface area contributed by atoms with Crippen LogP contribution >= 0.6 is 0 Å². The van der Waals surface area contributed by atoms with Crippen molar-refractivity contribution in [1.29, 1.82) is 0 Å². The minimum Gasteiger partial charge on any atom is -0.395 e. The zero-order valence-corrected chi connectivity index (χ0v) is 13.9. The smallest absolute Gasteiger partial charge is 0.241 e. The van der Waals surface area contributed by atoms with Crippen LogP contribution in [-0.2, 0) is 4.79 Å². The molecule has 2 aromatic rings. The van der Waals surface area contributed by atoms with E-state index in [9.17, 15) is 9.59 Å². The number of rotatable bonds is 7. The lowest BCUT2D eigenvalue weighted by Gasteiger charge is -2.16. The summed E-state index contributed by atoms with van der Waals surface area (Å²) in [5.41, 5.74) is 2.46. The summed E-state index contributed by atoms with van der Waals surface area (Å²) in [5.74, 6) is -0.389. The van der Waals surface area contributed by atoms with Gasteiger partial charge in [0.05, 0.1) is 18.3 Å². The molecular weight excluding hydrogens is 304 g/mol. The summed E-state index contributed by atoms with van der Waals surface area (Å²) in [6.45, 7) is 3.90. The van der Waals surface area contributed by atoms with Crippen LogP contribution in [-0.4, -0.2) is 36.0 Å². The highest BCUT2D eigenvalue weighted by Gasteiger charge is 2.18. The number of anilines is 1. The number of aliphatic hydroxyl groups excluding tert-OH is 1. The zero-order chi connectivity index (χ0) is 17.5. The highest BCUT2D eigenvalue weighted by atomic mass is 16.3. The molecule has 0 saturated carbocycles. The van der Waals surface area contributed by atoms with Gasteiger partial charge in [0.25, 0.3) is 0 Å². The van der Waals surface area contributed by atoms with Crippen molar-refractivity contribution >= 4 is 17.4 Å². The van der Waals surface area contributed by atoms with E-state index in [1.165, 1.54) is 0 Å². The number of carbonyl (C=O) groups excluding carboxylic acids is 2. The Bertz CT molecular complexity index is 714. The molecule has 3 N–H and O–H groups in total. The van der Waals surface area contributed by atoms with Crippen LogP contribution in [0.2, 0.25) is 0 Å². The topological polar surface area (TPSA) is 78.4 Å². The van der Waals surface area contributed by atoms with Gasteiger partial charge in [0, 0.05) is 17.7 Å². The van der Waals surface area contributed by atoms with E-state index in [0.717, 1.165) is 5.56 Å². The van der Waals surface area contributed by atoms with E-state index >= 15 is 0 Å². The van der Waals surface area contributed by atoms with Crippen LogP contribution in [0.3, 0.4) is 0 Å². The second-order valence-corrected chi connectivity index (χ2v) is 5.63. The van der Waals surface area contributed by atoms with Gasteiger partial charge in [0.1, 0.15) is 0 Å². The number of carbonyl (C=O) groups is 2. The fourth-order valence-corrected chi connectivity index (χ4v) is 2.31. The minimum absolute atomic E-state index is 0.0418. The van der Waals surface area contributed by atoms with Crippen molar-refractivity contribution in [1.82, 2.24) is 5.32 Å². The Morgan fingerprint density at radius 3 is 2.50 bits per heavy atom. The normalized spacial score (nSPS) is 11.8. The molecule has 0 bridgehead atoms. The quantitative estimate of drug-likeness (QED) is 0.681. The van der Waals surface area contributed by atoms with Gasteiger partial charge in [-0.05, 0) is 26.0 Å². The molecule has 0 spiro atoms. The summed E-state index contributed by atoms with van der Waals surface area (Å²) in [7, 11) is 0. The maximum absolute atomic E-state index is 12.7. The van der Waals surface area contributed by atoms with Gasteiger partial charge in [-0.1, -0.05) is 42.0 Å². The van der Waals surface area contributed by atoms with E-state index in [1.54, 1.807) is 31.2 Å². The van der Waals surface area contributed by atoms with Crippen LogP contribution in [0.1, 0.15) is 28.4 Å². The molecule has 0 heterocycles. The molecule has 126 valence electrons. The molecule has 0 fully saturated rings. The lowest BCUT2D eigenvalue weighted by atomic mass is 9.99. The molecule has 0 radical (unpaired) electrons. The van der Waals surface area contributed by atoms with Crippen LogP contribution in [0.25, 0.3) is 0 Å². The summed E-state index contributed by atoms with van der Waals surface area (Å²) in [4.78, 5) is 25.0. The highest BCUT2D eigenvalue weighted by Crippen LogP contribution is 2.21. The van der Waals surface area contributed by atoms with E-state index in [2.05, 4.69) is 10.6 Å². The molecule has 5 heteroatoms. The third kappa shape index (κ3) is 4.50. The molecule has 0 saturated heterocycles. The van der Waals surface area contributed by atoms with E-state index in [4.69, 9.17) is 5.11 Å². The molecule has 0 aromatic heterocycles. The number of nitrogens with one attached hydrogen (secondary N) is 2. The first-order valence-electron chi connectivity index (χ1n) is 7.88. The van der Waals surface area contributed by atoms with Crippen molar-refractivity contribution in [3.8, 4) is 0 Å². The van der Waals surface area contributed by atoms with E-state index in [0.29, 0.717) is 23.4 Å². The van der Waals surface area contributed by atoms with E-state index < -0.39 is 6.04 Å². The minimum atomic E-state index is -0.474. The van der Waals surface area contributed by atoms with Crippen molar-refractivity contribution < 1.29 is 14.7 Å². The molecule has 24 heavy (non-hydrogen) atoms. The predicted molar refractivity (Wildman–Crippen MR) is 94.2 cm³/mol. The van der Waals surface area contributed by atoms with Gasteiger partial charge in [-0.15, -0.1) is 0 Å². The maximum Gasteiger partial charge on any atom is 0.241 e. The van der Waals surface area contributed by atoms with E-state index in [-0.39, 0.29) is 18.3 Å². The van der Waals surface area contributed by atoms with Crippen molar-refractivity contribution in [2.24, 2.45) is 0 Å². The fraction of sp³-hybridized carbons (Fsp3) is 0.263. The van der Waals surface area contributed by atoms with Gasteiger partial charge in [0.2, 0.25) is 5.91 Å². The van der Waals surface area contributed by atoms with Crippen LogP contribution in [0.15, 0.2) is 48.5 Å². The van der Waals surface area contributed by atoms with Crippen molar-refractivity contribution in [3.05, 3.63) is 65.2 Å². The largest absolute Gasteiger partial charge is 0.395 e. The highest BCUT2D eigenvalue weighted by molar-refractivity contribution is 6.14. The lowest BCUT2D eigenvalue weighted by molar-refractivity contribution is -0.117. The Balaban J connectivity index is 2.25. The Hall–Kier alpha value is -2.50. The monoisotopic (exact) mass is 326 g/mol. The van der Waals surface area contributed by atoms with Crippen molar-refractivity contribution in [2.75, 3.05) is 18.5 Å². The Morgan fingerprint density at radius 1 is 1.12 bits per heavy atom. The molecule has 0 aliphatic rings. The molecule has 1 atom stereocenters. The Morgan fingerprint density at radius 2 is 1.83 bits per heavy atom. The van der Waals surface area contributed by atoms with Gasteiger partial charge < -0.3 is 15.7 Å². The molecule has 0 aliphatic carbocycles. The Kier molecular flexibility index (Phi) is 6.23. The van der Waals surface area contributed by atoms with Gasteiger partial charge in [0.15, 0.2) is 5.78 Å². The first-order chi connectivity index (χ1) is 11.5. The molecule has 5 nitrogen and oxygen atoms in total. The van der Waals surface area contributed by atoms with Crippen LogP contribution in [0, 0.1) is 6.92 Å². The molecule has 1 amide bonds. The average Bonchev–Trinajstić information content (AvgIpc) is 2.61. The van der Waals surface area contributed by atoms with Crippen molar-refractivity contribution in [3.63, 3.8) is 0 Å². The number of aliphatic hydroxyl groups is 1. The van der Waals surface area contributed by atoms with Crippen LogP contribution < -0.4 is 10.6 Å². The number of hydrogen-bond donors (Lipinski definition) is 3.